The van der Waals surface area contributed by atoms with Gasteiger partial charge in [-0.05, 0) is 44.9 Å². The van der Waals surface area contributed by atoms with E-state index in [0.717, 1.165) is 44.9 Å². The van der Waals surface area contributed by atoms with Crippen LogP contribution in [0.3, 0.4) is 0 Å². The van der Waals surface area contributed by atoms with Gasteiger partial charge in [-0.3, -0.25) is 9.59 Å². The van der Waals surface area contributed by atoms with Crippen LogP contribution in [0, 0.1) is 0 Å². The van der Waals surface area contributed by atoms with Gasteiger partial charge >= 0.3 is 5.97 Å². The molecule has 3 N–H and O–H groups in total. The number of unbranched alkanes of at least 4 members (excludes halogenated alkanes) is 39. The SMILES string of the molecule is CCCC/C=C\CCCCCCCC(=O)OCCCCCCCCCCCCCCCCCCCCCCCC(=O)NC(CO)C(O)CCCCCCCCCCCCCCC. The second kappa shape index (κ2) is 52.2. The zero-order valence-corrected chi connectivity index (χ0v) is 41.9. The van der Waals surface area contributed by atoms with Crippen LogP contribution in [0.4, 0.5) is 0 Å². The maximum absolute atomic E-state index is 12.4. The van der Waals surface area contributed by atoms with Gasteiger partial charge in [0.1, 0.15) is 0 Å². The molecule has 2 unspecified atom stereocenters. The van der Waals surface area contributed by atoms with Gasteiger partial charge in [0.15, 0.2) is 0 Å². The van der Waals surface area contributed by atoms with Crippen molar-refractivity contribution in [1.82, 2.24) is 5.32 Å². The summed E-state index contributed by atoms with van der Waals surface area (Å²) in [5.41, 5.74) is 0. The molecule has 0 aromatic heterocycles. The van der Waals surface area contributed by atoms with E-state index in [1.54, 1.807) is 0 Å². The fraction of sp³-hybridized carbons (Fsp3) is 0.929. The first-order valence-corrected chi connectivity index (χ1v) is 27.9. The Labute approximate surface area is 387 Å². The Kier molecular flexibility index (Phi) is 51.0. The van der Waals surface area contributed by atoms with Crippen LogP contribution in [-0.4, -0.2) is 47.4 Å². The molecule has 0 spiro atoms. The molecule has 0 aliphatic rings. The van der Waals surface area contributed by atoms with Gasteiger partial charge in [0, 0.05) is 12.8 Å². The zero-order valence-electron chi connectivity index (χ0n) is 41.9. The average Bonchev–Trinajstić information content (AvgIpc) is 3.27. The third kappa shape index (κ3) is 48.1. The third-order valence-corrected chi connectivity index (χ3v) is 13.1. The number of nitrogens with one attached hydrogen (secondary N) is 1. The molecule has 0 aromatic rings. The predicted molar refractivity (Wildman–Crippen MR) is 269 cm³/mol. The number of carbonyl (C=O) groups excluding carboxylic acids is 2. The molecule has 1 amide bonds. The number of hydrogen-bond donors (Lipinski definition) is 3. The number of rotatable bonds is 52. The van der Waals surface area contributed by atoms with Crippen molar-refractivity contribution in [3.8, 4) is 0 Å². The van der Waals surface area contributed by atoms with Gasteiger partial charge in [-0.25, -0.2) is 0 Å². The lowest BCUT2D eigenvalue weighted by Crippen LogP contribution is -2.45. The Morgan fingerprint density at radius 3 is 1.19 bits per heavy atom. The fourth-order valence-electron chi connectivity index (χ4n) is 8.74. The van der Waals surface area contributed by atoms with Crippen LogP contribution in [0.2, 0.25) is 0 Å². The van der Waals surface area contributed by atoms with Crippen molar-refractivity contribution in [3.05, 3.63) is 12.2 Å². The van der Waals surface area contributed by atoms with Crippen LogP contribution in [0.15, 0.2) is 12.2 Å². The van der Waals surface area contributed by atoms with Gasteiger partial charge < -0.3 is 20.3 Å². The van der Waals surface area contributed by atoms with Crippen LogP contribution >= 0.6 is 0 Å². The maximum atomic E-state index is 12.4. The molecule has 0 heterocycles. The average molecular weight is 876 g/mol. The summed E-state index contributed by atoms with van der Waals surface area (Å²) in [7, 11) is 0. The van der Waals surface area contributed by atoms with Gasteiger partial charge in [0.2, 0.25) is 5.91 Å². The molecule has 368 valence electrons. The molecule has 62 heavy (non-hydrogen) atoms. The maximum Gasteiger partial charge on any atom is 0.305 e. The molecule has 6 heteroatoms. The topological polar surface area (TPSA) is 95.9 Å². The quantitative estimate of drug-likeness (QED) is 0.0321. The first-order chi connectivity index (χ1) is 30.5. The van der Waals surface area contributed by atoms with Crippen molar-refractivity contribution >= 4 is 11.9 Å². The lowest BCUT2D eigenvalue weighted by molar-refractivity contribution is -0.143. The minimum absolute atomic E-state index is 0.00114. The molecular formula is C56H109NO5. The number of aliphatic hydroxyl groups is 2. The summed E-state index contributed by atoms with van der Waals surface area (Å²) in [6.07, 6.45) is 60.6. The van der Waals surface area contributed by atoms with Gasteiger partial charge in [-0.15, -0.1) is 0 Å². The van der Waals surface area contributed by atoms with E-state index in [9.17, 15) is 19.8 Å². The molecule has 0 rings (SSSR count). The Balaban J connectivity index is 3.38. The number of carbonyl (C=O) groups is 2. The number of esters is 1. The molecule has 2 atom stereocenters. The molecule has 6 nitrogen and oxygen atoms in total. The van der Waals surface area contributed by atoms with Crippen molar-refractivity contribution in [2.45, 2.75) is 321 Å². The molecule has 0 aliphatic heterocycles. The molecule has 0 radical (unpaired) electrons. The summed E-state index contributed by atoms with van der Waals surface area (Å²) in [5.74, 6) is -0.0339. The second-order valence-corrected chi connectivity index (χ2v) is 19.3. The smallest absolute Gasteiger partial charge is 0.305 e. The summed E-state index contributed by atoms with van der Waals surface area (Å²) in [6.45, 7) is 4.92. The molecule has 0 saturated heterocycles. The molecule has 0 fully saturated rings. The lowest BCUT2D eigenvalue weighted by atomic mass is 10.0. The van der Waals surface area contributed by atoms with Crippen LogP contribution in [0.5, 0.6) is 0 Å². The van der Waals surface area contributed by atoms with E-state index in [1.807, 2.05) is 0 Å². The zero-order chi connectivity index (χ0) is 45.1. The van der Waals surface area contributed by atoms with Crippen LogP contribution < -0.4 is 5.32 Å². The number of ether oxygens (including phenoxy) is 1. The molecular weight excluding hydrogens is 767 g/mol. The monoisotopic (exact) mass is 876 g/mol. The number of hydrogen-bond acceptors (Lipinski definition) is 5. The van der Waals surface area contributed by atoms with Gasteiger partial charge in [0.05, 0.1) is 25.4 Å². The van der Waals surface area contributed by atoms with Crippen molar-refractivity contribution in [2.75, 3.05) is 13.2 Å². The van der Waals surface area contributed by atoms with Crippen LogP contribution in [-0.2, 0) is 14.3 Å². The van der Waals surface area contributed by atoms with Gasteiger partial charge in [0.25, 0.3) is 0 Å². The lowest BCUT2D eigenvalue weighted by Gasteiger charge is -2.22. The summed E-state index contributed by atoms with van der Waals surface area (Å²) in [5, 5.41) is 23.2. The molecule has 0 bridgehead atoms. The highest BCUT2D eigenvalue weighted by molar-refractivity contribution is 5.76. The first kappa shape index (κ1) is 60.6. The number of amides is 1. The van der Waals surface area contributed by atoms with Crippen LogP contribution in [0.1, 0.15) is 309 Å². The molecule has 0 saturated carbocycles. The van der Waals surface area contributed by atoms with Gasteiger partial charge in [-0.2, -0.15) is 0 Å². The van der Waals surface area contributed by atoms with E-state index < -0.39 is 12.1 Å². The van der Waals surface area contributed by atoms with E-state index in [4.69, 9.17) is 4.74 Å². The summed E-state index contributed by atoms with van der Waals surface area (Å²) < 4.78 is 5.45. The van der Waals surface area contributed by atoms with Crippen molar-refractivity contribution < 1.29 is 24.5 Å². The highest BCUT2D eigenvalue weighted by atomic mass is 16.5. The van der Waals surface area contributed by atoms with E-state index in [0.29, 0.717) is 25.9 Å². The van der Waals surface area contributed by atoms with E-state index in [1.165, 1.54) is 231 Å². The predicted octanol–water partition coefficient (Wildman–Crippen LogP) is 16.9. The van der Waals surface area contributed by atoms with Crippen molar-refractivity contribution in [3.63, 3.8) is 0 Å². The summed E-state index contributed by atoms with van der Waals surface area (Å²) in [6, 6.07) is -0.540. The molecule has 0 aromatic carbocycles. The largest absolute Gasteiger partial charge is 0.466 e. The van der Waals surface area contributed by atoms with Crippen LogP contribution in [0.25, 0.3) is 0 Å². The Morgan fingerprint density at radius 1 is 0.435 bits per heavy atom. The second-order valence-electron chi connectivity index (χ2n) is 19.3. The van der Waals surface area contributed by atoms with Crippen molar-refractivity contribution in [2.24, 2.45) is 0 Å². The minimum Gasteiger partial charge on any atom is -0.466 e. The van der Waals surface area contributed by atoms with Crippen molar-refractivity contribution in [1.29, 1.82) is 0 Å². The first-order valence-electron chi connectivity index (χ1n) is 27.9. The normalized spacial score (nSPS) is 12.6. The highest BCUT2D eigenvalue weighted by Gasteiger charge is 2.20. The Bertz CT molecular complexity index is 924. The molecule has 0 aliphatic carbocycles. The summed E-state index contributed by atoms with van der Waals surface area (Å²) in [4.78, 5) is 24.4. The number of allylic oxidation sites excluding steroid dienone is 2. The van der Waals surface area contributed by atoms with Gasteiger partial charge in [-0.1, -0.05) is 264 Å². The standard InChI is InChI=1S/C56H109NO5/c1-3-5-7-9-11-13-15-25-29-32-36-40-44-48-54(59)53(52-58)57-55(60)49-45-41-37-33-30-26-23-21-19-17-16-18-20-22-24-27-31-35-39-43-47-51-62-56(61)50-46-42-38-34-28-14-12-10-8-6-4-2/h10,12,53-54,58-59H,3-9,11,13-52H2,1-2H3,(H,57,60)/b12-10-. The minimum atomic E-state index is -0.663. The highest BCUT2D eigenvalue weighted by Crippen LogP contribution is 2.17. The third-order valence-electron chi connectivity index (χ3n) is 13.1. The fourth-order valence-corrected chi connectivity index (χ4v) is 8.74. The van der Waals surface area contributed by atoms with E-state index >= 15 is 0 Å². The Hall–Kier alpha value is -1.40. The van der Waals surface area contributed by atoms with E-state index in [2.05, 4.69) is 31.3 Å². The Morgan fingerprint density at radius 2 is 0.774 bits per heavy atom. The number of aliphatic hydroxyl groups excluding tert-OH is 2. The van der Waals surface area contributed by atoms with E-state index in [-0.39, 0.29) is 18.5 Å². The summed E-state index contributed by atoms with van der Waals surface area (Å²) >= 11 is 0.